The number of allylic oxidation sites excluding steroid dienone is 1. The molecule has 0 spiro atoms. The van der Waals surface area contributed by atoms with Crippen molar-refractivity contribution in [3.8, 4) is 0 Å². The predicted molar refractivity (Wildman–Crippen MR) is 89.0 cm³/mol. The molecule has 4 rings (SSSR count). The van der Waals surface area contributed by atoms with Gasteiger partial charge in [-0.2, -0.15) is 0 Å². The van der Waals surface area contributed by atoms with Crippen LogP contribution in [0.4, 0.5) is 5.69 Å². The highest BCUT2D eigenvalue weighted by Crippen LogP contribution is 2.46. The third-order valence-electron chi connectivity index (χ3n) is 4.22. The molecule has 0 N–H and O–H groups in total. The SMILES string of the molecule is O=CC1=C(c2ccccc2[N+](=O)[O-])c2cccc3cccc1c23. The number of carbonyl (C=O) groups excluding carboxylic acids is 1. The van der Waals surface area contributed by atoms with Crippen molar-refractivity contribution in [3.63, 3.8) is 0 Å². The van der Waals surface area contributed by atoms with Gasteiger partial charge in [0, 0.05) is 17.2 Å². The first-order valence-corrected chi connectivity index (χ1v) is 7.18. The van der Waals surface area contributed by atoms with Crippen LogP contribution in [-0.4, -0.2) is 11.2 Å². The second-order valence-corrected chi connectivity index (χ2v) is 5.39. The van der Waals surface area contributed by atoms with Crippen molar-refractivity contribution in [2.24, 2.45) is 0 Å². The summed E-state index contributed by atoms with van der Waals surface area (Å²) in [6.07, 6.45) is 0.792. The Balaban J connectivity index is 2.13. The Labute approximate surface area is 131 Å². The van der Waals surface area contributed by atoms with Gasteiger partial charge < -0.3 is 0 Å². The maximum Gasteiger partial charge on any atom is 0.277 e. The number of nitro groups is 1. The Kier molecular flexibility index (Phi) is 2.84. The zero-order chi connectivity index (χ0) is 16.0. The molecule has 0 radical (unpaired) electrons. The topological polar surface area (TPSA) is 60.2 Å². The molecule has 4 heteroatoms. The van der Waals surface area contributed by atoms with Crippen molar-refractivity contribution in [3.05, 3.63) is 87.5 Å². The van der Waals surface area contributed by atoms with Crippen molar-refractivity contribution in [1.82, 2.24) is 0 Å². The highest BCUT2D eigenvalue weighted by molar-refractivity contribution is 6.30. The summed E-state index contributed by atoms with van der Waals surface area (Å²) in [6.45, 7) is 0. The fraction of sp³-hybridized carbons (Fsp3) is 0. The van der Waals surface area contributed by atoms with Crippen LogP contribution in [-0.2, 0) is 4.79 Å². The Morgan fingerprint density at radius 3 is 2.17 bits per heavy atom. The molecule has 0 aliphatic heterocycles. The third-order valence-corrected chi connectivity index (χ3v) is 4.22. The number of para-hydroxylation sites is 1. The van der Waals surface area contributed by atoms with E-state index in [1.165, 1.54) is 6.07 Å². The monoisotopic (exact) mass is 301 g/mol. The summed E-state index contributed by atoms with van der Waals surface area (Å²) >= 11 is 0. The van der Waals surface area contributed by atoms with Gasteiger partial charge in [-0.1, -0.05) is 48.5 Å². The fourth-order valence-corrected chi connectivity index (χ4v) is 3.31. The van der Waals surface area contributed by atoms with Gasteiger partial charge in [0.05, 0.1) is 10.5 Å². The Hall–Kier alpha value is -3.27. The zero-order valence-corrected chi connectivity index (χ0v) is 12.0. The molecular formula is C19H11NO3. The number of aldehydes is 1. The van der Waals surface area contributed by atoms with E-state index in [4.69, 9.17) is 0 Å². The molecule has 0 saturated carbocycles. The van der Waals surface area contributed by atoms with Gasteiger partial charge in [-0.15, -0.1) is 0 Å². The lowest BCUT2D eigenvalue weighted by Crippen LogP contribution is -1.96. The molecule has 110 valence electrons. The van der Waals surface area contributed by atoms with Gasteiger partial charge in [-0.05, 0) is 28.0 Å². The summed E-state index contributed by atoms with van der Waals surface area (Å²) in [5.41, 5.74) is 3.33. The smallest absolute Gasteiger partial charge is 0.277 e. The van der Waals surface area contributed by atoms with Crippen molar-refractivity contribution >= 4 is 33.9 Å². The standard InChI is InChI=1S/C19H11NO3/c21-11-16-13-8-3-5-12-6-4-9-15(18(12)13)19(16)14-7-1-2-10-17(14)20(22)23/h1-11H. The fourth-order valence-electron chi connectivity index (χ4n) is 3.31. The Morgan fingerprint density at radius 2 is 1.48 bits per heavy atom. The van der Waals surface area contributed by atoms with Crippen molar-refractivity contribution in [2.75, 3.05) is 0 Å². The normalized spacial score (nSPS) is 12.7. The molecule has 0 fully saturated rings. The van der Waals surface area contributed by atoms with Crippen LogP contribution in [0.25, 0.3) is 21.9 Å². The summed E-state index contributed by atoms with van der Waals surface area (Å²) in [7, 11) is 0. The van der Waals surface area contributed by atoms with E-state index >= 15 is 0 Å². The van der Waals surface area contributed by atoms with Crippen molar-refractivity contribution in [2.45, 2.75) is 0 Å². The van der Waals surface area contributed by atoms with Crippen LogP contribution in [0.3, 0.4) is 0 Å². The predicted octanol–water partition coefficient (Wildman–Crippen LogP) is 4.22. The van der Waals surface area contributed by atoms with Gasteiger partial charge in [-0.3, -0.25) is 14.9 Å². The molecule has 1 aliphatic carbocycles. The molecule has 0 atom stereocenters. The Bertz CT molecular complexity index is 1010. The molecule has 4 nitrogen and oxygen atoms in total. The molecule has 23 heavy (non-hydrogen) atoms. The number of benzene rings is 3. The van der Waals surface area contributed by atoms with Crippen LogP contribution in [0.1, 0.15) is 16.7 Å². The van der Waals surface area contributed by atoms with Gasteiger partial charge in [0.1, 0.15) is 0 Å². The average molecular weight is 301 g/mol. The number of hydrogen-bond donors (Lipinski definition) is 0. The zero-order valence-electron chi connectivity index (χ0n) is 12.0. The van der Waals surface area contributed by atoms with E-state index in [0.717, 1.165) is 28.2 Å². The molecule has 0 unspecified atom stereocenters. The lowest BCUT2D eigenvalue weighted by molar-refractivity contribution is -0.385. The van der Waals surface area contributed by atoms with E-state index in [2.05, 4.69) is 0 Å². The minimum absolute atomic E-state index is 0.00617. The second kappa shape index (κ2) is 4.88. The highest BCUT2D eigenvalue weighted by atomic mass is 16.6. The number of nitro benzene ring substituents is 1. The minimum atomic E-state index is -0.409. The molecule has 0 saturated heterocycles. The van der Waals surface area contributed by atoms with Crippen molar-refractivity contribution in [1.29, 1.82) is 0 Å². The summed E-state index contributed by atoms with van der Waals surface area (Å²) in [5, 5.41) is 13.4. The van der Waals surface area contributed by atoms with Crippen LogP contribution in [0, 0.1) is 10.1 Å². The van der Waals surface area contributed by atoms with E-state index in [9.17, 15) is 14.9 Å². The minimum Gasteiger partial charge on any atom is -0.298 e. The average Bonchev–Trinajstić information content (AvgIpc) is 2.91. The van der Waals surface area contributed by atoms with Gasteiger partial charge in [0.15, 0.2) is 6.29 Å². The summed E-state index contributed by atoms with van der Waals surface area (Å²) < 4.78 is 0. The van der Waals surface area contributed by atoms with E-state index in [-0.39, 0.29) is 5.69 Å². The lowest BCUT2D eigenvalue weighted by atomic mass is 9.95. The largest absolute Gasteiger partial charge is 0.298 e. The Morgan fingerprint density at radius 1 is 0.826 bits per heavy atom. The van der Waals surface area contributed by atoms with Crippen LogP contribution >= 0.6 is 0 Å². The number of rotatable bonds is 3. The van der Waals surface area contributed by atoms with Crippen LogP contribution in [0.2, 0.25) is 0 Å². The first kappa shape index (κ1) is 13.4. The van der Waals surface area contributed by atoms with Crippen LogP contribution in [0.5, 0.6) is 0 Å². The lowest BCUT2D eigenvalue weighted by Gasteiger charge is -2.07. The molecule has 0 heterocycles. The molecule has 1 aliphatic rings. The van der Waals surface area contributed by atoms with Gasteiger partial charge >= 0.3 is 0 Å². The number of nitrogens with zero attached hydrogens (tertiary/aromatic N) is 1. The molecule has 0 bridgehead atoms. The van der Waals surface area contributed by atoms with E-state index < -0.39 is 4.92 Å². The van der Waals surface area contributed by atoms with Crippen molar-refractivity contribution < 1.29 is 9.72 Å². The molecule has 3 aromatic rings. The first-order valence-electron chi connectivity index (χ1n) is 7.18. The molecule has 0 amide bonds. The summed E-state index contributed by atoms with van der Waals surface area (Å²) in [6, 6.07) is 18.1. The van der Waals surface area contributed by atoms with Crippen LogP contribution < -0.4 is 0 Å². The van der Waals surface area contributed by atoms with E-state index in [0.29, 0.717) is 16.7 Å². The maximum atomic E-state index is 11.8. The summed E-state index contributed by atoms with van der Waals surface area (Å²) in [4.78, 5) is 22.7. The third kappa shape index (κ3) is 1.82. The van der Waals surface area contributed by atoms with E-state index in [1.54, 1.807) is 18.2 Å². The highest BCUT2D eigenvalue weighted by Gasteiger charge is 2.28. The van der Waals surface area contributed by atoms with Gasteiger partial charge in [0.2, 0.25) is 0 Å². The molecule has 0 aromatic heterocycles. The second-order valence-electron chi connectivity index (χ2n) is 5.39. The van der Waals surface area contributed by atoms with Gasteiger partial charge in [0.25, 0.3) is 5.69 Å². The summed E-state index contributed by atoms with van der Waals surface area (Å²) in [5.74, 6) is 0. The number of hydrogen-bond acceptors (Lipinski definition) is 3. The van der Waals surface area contributed by atoms with E-state index in [1.807, 2.05) is 36.4 Å². The molecule has 3 aromatic carbocycles. The van der Waals surface area contributed by atoms with Gasteiger partial charge in [-0.25, -0.2) is 0 Å². The molecular weight excluding hydrogens is 290 g/mol. The number of carbonyl (C=O) groups is 1. The first-order chi connectivity index (χ1) is 11.2. The maximum absolute atomic E-state index is 11.8. The quantitative estimate of drug-likeness (QED) is 0.413. The van der Waals surface area contributed by atoms with Crippen LogP contribution in [0.15, 0.2) is 60.7 Å².